The molecule has 1 N–H and O–H groups in total. The summed E-state index contributed by atoms with van der Waals surface area (Å²) in [4.78, 5) is 0. The number of halogens is 2. The van der Waals surface area contributed by atoms with Crippen molar-refractivity contribution in [2.75, 3.05) is 6.54 Å². The normalized spacial score (nSPS) is 10.6. The van der Waals surface area contributed by atoms with E-state index < -0.39 is 0 Å². The fourth-order valence-electron chi connectivity index (χ4n) is 1.75. The summed E-state index contributed by atoms with van der Waals surface area (Å²) in [6.45, 7) is 5.28. The van der Waals surface area contributed by atoms with Gasteiger partial charge in [-0.3, -0.25) is 0 Å². The Kier molecular flexibility index (Phi) is 5.02. The molecule has 0 spiro atoms. The molecule has 0 saturated heterocycles. The molecule has 2 rings (SSSR count). The Labute approximate surface area is 122 Å². The van der Waals surface area contributed by atoms with Gasteiger partial charge in [0.25, 0.3) is 0 Å². The Morgan fingerprint density at radius 3 is 2.89 bits per heavy atom. The molecule has 0 amide bonds. The summed E-state index contributed by atoms with van der Waals surface area (Å²) >= 11 is 12.0. The van der Waals surface area contributed by atoms with E-state index in [-0.39, 0.29) is 0 Å². The first-order valence-corrected chi connectivity index (χ1v) is 6.75. The van der Waals surface area contributed by atoms with Crippen molar-refractivity contribution in [3.8, 4) is 0 Å². The highest BCUT2D eigenvalue weighted by molar-refractivity contribution is 6.35. The lowest BCUT2D eigenvalue weighted by Crippen LogP contribution is -2.16. The third-order valence-corrected chi connectivity index (χ3v) is 3.34. The van der Waals surface area contributed by atoms with E-state index in [1.54, 1.807) is 16.9 Å². The third-order valence-electron chi connectivity index (χ3n) is 2.76. The Bertz CT molecular complexity index is 564. The van der Waals surface area contributed by atoms with E-state index in [9.17, 15) is 0 Å². The van der Waals surface area contributed by atoms with E-state index in [4.69, 9.17) is 23.2 Å². The minimum atomic E-state index is 0.665. The first kappa shape index (κ1) is 14.1. The molecule has 0 saturated carbocycles. The highest BCUT2D eigenvalue weighted by Gasteiger charge is 2.01. The summed E-state index contributed by atoms with van der Waals surface area (Å²) in [7, 11) is 0. The molecule has 0 aliphatic rings. The van der Waals surface area contributed by atoms with Crippen LogP contribution in [0.15, 0.2) is 37.2 Å². The van der Waals surface area contributed by atoms with Gasteiger partial charge in [0.05, 0.1) is 6.20 Å². The second-order valence-electron chi connectivity index (χ2n) is 4.17. The second kappa shape index (κ2) is 6.75. The van der Waals surface area contributed by atoms with Crippen molar-refractivity contribution in [1.82, 2.24) is 15.1 Å². The second-order valence-corrected chi connectivity index (χ2v) is 5.02. The number of nitrogens with one attached hydrogen (secondary N) is 1. The van der Waals surface area contributed by atoms with Gasteiger partial charge in [-0.1, -0.05) is 35.8 Å². The molecule has 100 valence electrons. The van der Waals surface area contributed by atoms with Gasteiger partial charge in [-0.2, -0.15) is 5.10 Å². The van der Waals surface area contributed by atoms with Crippen LogP contribution in [-0.4, -0.2) is 16.3 Å². The molecule has 0 fully saturated rings. The van der Waals surface area contributed by atoms with Crippen LogP contribution in [0.3, 0.4) is 0 Å². The lowest BCUT2D eigenvalue weighted by molar-refractivity contribution is 0.687. The van der Waals surface area contributed by atoms with Crippen LogP contribution in [0.5, 0.6) is 0 Å². The minimum absolute atomic E-state index is 0.665. The van der Waals surface area contributed by atoms with E-state index in [1.165, 1.54) is 0 Å². The maximum atomic E-state index is 6.11. The van der Waals surface area contributed by atoms with Crippen molar-refractivity contribution in [3.05, 3.63) is 58.3 Å². The number of benzene rings is 1. The largest absolute Gasteiger partial charge is 0.312 e. The molecule has 1 heterocycles. The van der Waals surface area contributed by atoms with Crippen molar-refractivity contribution >= 4 is 29.4 Å². The van der Waals surface area contributed by atoms with E-state index in [1.807, 2.05) is 24.5 Å². The SMILES string of the molecule is C=Cn1cc(CNCCc2ccc(Cl)cc2Cl)cn1. The van der Waals surface area contributed by atoms with Crippen molar-refractivity contribution in [2.45, 2.75) is 13.0 Å². The molecule has 0 atom stereocenters. The van der Waals surface area contributed by atoms with Gasteiger partial charge in [-0.15, -0.1) is 0 Å². The van der Waals surface area contributed by atoms with Crippen LogP contribution in [0.4, 0.5) is 0 Å². The van der Waals surface area contributed by atoms with Crippen LogP contribution in [0, 0.1) is 0 Å². The van der Waals surface area contributed by atoms with Gasteiger partial charge >= 0.3 is 0 Å². The number of rotatable bonds is 6. The molecule has 0 aliphatic carbocycles. The van der Waals surface area contributed by atoms with Crippen molar-refractivity contribution < 1.29 is 0 Å². The van der Waals surface area contributed by atoms with Crippen molar-refractivity contribution in [1.29, 1.82) is 0 Å². The molecule has 0 aliphatic heterocycles. The fourth-order valence-corrected chi connectivity index (χ4v) is 2.25. The molecule has 1 aromatic carbocycles. The Morgan fingerprint density at radius 1 is 1.37 bits per heavy atom. The predicted molar refractivity (Wildman–Crippen MR) is 80.5 cm³/mol. The lowest BCUT2D eigenvalue weighted by atomic mass is 10.1. The van der Waals surface area contributed by atoms with Gasteiger partial charge in [0.15, 0.2) is 0 Å². The van der Waals surface area contributed by atoms with Crippen molar-refractivity contribution in [2.24, 2.45) is 0 Å². The van der Waals surface area contributed by atoms with Gasteiger partial charge in [0.1, 0.15) is 0 Å². The Balaban J connectivity index is 1.78. The minimum Gasteiger partial charge on any atom is -0.312 e. The summed E-state index contributed by atoms with van der Waals surface area (Å²) in [5.41, 5.74) is 2.22. The number of aromatic nitrogens is 2. The van der Waals surface area contributed by atoms with Crippen LogP contribution < -0.4 is 5.32 Å². The smallest absolute Gasteiger partial charge is 0.0538 e. The van der Waals surface area contributed by atoms with Crippen LogP contribution >= 0.6 is 23.2 Å². The van der Waals surface area contributed by atoms with Crippen LogP contribution in [-0.2, 0) is 13.0 Å². The number of hydrogen-bond donors (Lipinski definition) is 1. The lowest BCUT2D eigenvalue weighted by Gasteiger charge is -2.06. The number of nitrogens with zero attached hydrogens (tertiary/aromatic N) is 2. The molecule has 0 bridgehead atoms. The van der Waals surface area contributed by atoms with E-state index in [0.717, 1.165) is 30.6 Å². The van der Waals surface area contributed by atoms with Gasteiger partial charge in [0.2, 0.25) is 0 Å². The number of hydrogen-bond acceptors (Lipinski definition) is 2. The van der Waals surface area contributed by atoms with E-state index >= 15 is 0 Å². The first-order chi connectivity index (χ1) is 9.19. The summed E-state index contributed by atoms with van der Waals surface area (Å²) in [6, 6.07) is 5.59. The third kappa shape index (κ3) is 4.10. The topological polar surface area (TPSA) is 29.9 Å². The average molecular weight is 296 g/mol. The molecule has 0 radical (unpaired) electrons. The Hall–Kier alpha value is -1.29. The predicted octanol–water partition coefficient (Wildman–Crippen LogP) is 3.62. The van der Waals surface area contributed by atoms with E-state index in [2.05, 4.69) is 17.0 Å². The van der Waals surface area contributed by atoms with Gasteiger partial charge in [-0.05, 0) is 30.7 Å². The monoisotopic (exact) mass is 295 g/mol. The molecule has 19 heavy (non-hydrogen) atoms. The van der Waals surface area contributed by atoms with E-state index in [0.29, 0.717) is 10.0 Å². The standard InChI is InChI=1S/C14H15Cl2N3/c1-2-19-10-11(9-18-19)8-17-6-5-12-3-4-13(15)7-14(12)16/h2-4,7,9-10,17H,1,5-6,8H2. The average Bonchev–Trinajstić information content (AvgIpc) is 2.84. The van der Waals surface area contributed by atoms with Crippen molar-refractivity contribution in [3.63, 3.8) is 0 Å². The highest BCUT2D eigenvalue weighted by atomic mass is 35.5. The molecular weight excluding hydrogens is 281 g/mol. The van der Waals surface area contributed by atoms with Crippen LogP contribution in [0.2, 0.25) is 10.0 Å². The Morgan fingerprint density at radius 2 is 2.21 bits per heavy atom. The maximum absolute atomic E-state index is 6.11. The molecule has 0 unspecified atom stereocenters. The van der Waals surface area contributed by atoms with Gasteiger partial charge in [0, 0.05) is 34.6 Å². The molecule has 5 heteroatoms. The first-order valence-electron chi connectivity index (χ1n) is 5.99. The quantitative estimate of drug-likeness (QED) is 0.825. The van der Waals surface area contributed by atoms with Gasteiger partial charge < -0.3 is 5.32 Å². The summed E-state index contributed by atoms with van der Waals surface area (Å²) in [5, 5.41) is 8.85. The summed E-state index contributed by atoms with van der Waals surface area (Å²) in [6.07, 6.45) is 6.29. The van der Waals surface area contributed by atoms with Gasteiger partial charge in [-0.25, -0.2) is 4.68 Å². The molecule has 2 aromatic rings. The highest BCUT2D eigenvalue weighted by Crippen LogP contribution is 2.21. The van der Waals surface area contributed by atoms with Crippen LogP contribution in [0.25, 0.3) is 6.20 Å². The summed E-state index contributed by atoms with van der Waals surface area (Å²) < 4.78 is 1.69. The molecule has 3 nitrogen and oxygen atoms in total. The van der Waals surface area contributed by atoms with Crippen LogP contribution in [0.1, 0.15) is 11.1 Å². The molecular formula is C14H15Cl2N3. The zero-order valence-electron chi connectivity index (χ0n) is 10.4. The maximum Gasteiger partial charge on any atom is 0.0538 e. The fraction of sp³-hybridized carbons (Fsp3) is 0.214. The zero-order chi connectivity index (χ0) is 13.7. The molecule has 1 aromatic heterocycles. The summed E-state index contributed by atoms with van der Waals surface area (Å²) in [5.74, 6) is 0. The zero-order valence-corrected chi connectivity index (χ0v) is 12.0.